The fraction of sp³-hybridized carbons (Fsp3) is 0. The maximum Gasteiger partial charge on any atom is 0.142 e. The molecule has 2 heterocycles. The molecule has 0 bridgehead atoms. The molecule has 0 fully saturated rings. The highest BCUT2D eigenvalue weighted by Crippen LogP contribution is 2.27. The molecular formula is C14H9IN2S. The lowest BCUT2D eigenvalue weighted by atomic mass is 10.2. The van der Waals surface area contributed by atoms with E-state index in [0.29, 0.717) is 0 Å². The molecule has 0 N–H and O–H groups in total. The van der Waals surface area contributed by atoms with Crippen molar-refractivity contribution in [3.8, 4) is 22.0 Å². The Bertz CT molecular complexity index is 647. The van der Waals surface area contributed by atoms with Crippen molar-refractivity contribution in [1.29, 1.82) is 0 Å². The molecule has 2 aromatic heterocycles. The van der Waals surface area contributed by atoms with Crippen molar-refractivity contribution in [2.45, 2.75) is 0 Å². The molecule has 0 aliphatic heterocycles. The summed E-state index contributed by atoms with van der Waals surface area (Å²) in [6, 6.07) is 14.3. The van der Waals surface area contributed by atoms with Crippen LogP contribution in [0, 0.1) is 3.57 Å². The number of thiazole rings is 1. The first-order valence-electron chi connectivity index (χ1n) is 5.46. The number of hydrogen-bond acceptors (Lipinski definition) is 3. The predicted octanol–water partition coefficient (Wildman–Crippen LogP) is 4.48. The van der Waals surface area contributed by atoms with Crippen LogP contribution in [-0.4, -0.2) is 9.97 Å². The highest BCUT2D eigenvalue weighted by Gasteiger charge is 2.06. The summed E-state index contributed by atoms with van der Waals surface area (Å²) in [5.41, 5.74) is 3.09. The van der Waals surface area contributed by atoms with Crippen molar-refractivity contribution in [2.75, 3.05) is 0 Å². The van der Waals surface area contributed by atoms with Gasteiger partial charge in [0.1, 0.15) is 5.01 Å². The molecular weight excluding hydrogens is 355 g/mol. The first-order chi connectivity index (χ1) is 8.83. The van der Waals surface area contributed by atoms with Crippen molar-refractivity contribution in [1.82, 2.24) is 9.97 Å². The molecule has 3 aromatic rings. The Hall–Kier alpha value is -1.27. The van der Waals surface area contributed by atoms with Crippen molar-refractivity contribution >= 4 is 33.9 Å². The largest absolute Gasteiger partial charge is 0.254 e. The van der Waals surface area contributed by atoms with Crippen LogP contribution in [0.4, 0.5) is 0 Å². The standard InChI is InChI=1S/C14H9IN2S/c15-11-6-4-10(5-7-11)13-9-18-14(17-13)12-3-1-2-8-16-12/h1-9H. The van der Waals surface area contributed by atoms with Crippen molar-refractivity contribution in [3.05, 3.63) is 57.6 Å². The number of halogens is 1. The summed E-state index contributed by atoms with van der Waals surface area (Å²) < 4.78 is 1.23. The topological polar surface area (TPSA) is 25.8 Å². The smallest absolute Gasteiger partial charge is 0.142 e. The second kappa shape index (κ2) is 5.16. The number of hydrogen-bond donors (Lipinski definition) is 0. The van der Waals surface area contributed by atoms with Gasteiger partial charge in [-0.1, -0.05) is 18.2 Å². The maximum atomic E-state index is 4.63. The van der Waals surface area contributed by atoms with Gasteiger partial charge >= 0.3 is 0 Å². The quantitative estimate of drug-likeness (QED) is 0.627. The van der Waals surface area contributed by atoms with Gasteiger partial charge in [-0.2, -0.15) is 0 Å². The van der Waals surface area contributed by atoms with Crippen LogP contribution in [0.15, 0.2) is 54.0 Å². The summed E-state index contributed by atoms with van der Waals surface area (Å²) in [5.74, 6) is 0. The molecule has 0 aliphatic carbocycles. The third-order valence-corrected chi connectivity index (χ3v) is 4.11. The van der Waals surface area contributed by atoms with Gasteiger partial charge in [0.05, 0.1) is 11.4 Å². The molecule has 0 spiro atoms. The Morgan fingerprint density at radius 2 is 1.78 bits per heavy atom. The van der Waals surface area contributed by atoms with Crippen molar-refractivity contribution < 1.29 is 0 Å². The molecule has 0 radical (unpaired) electrons. The summed E-state index contributed by atoms with van der Waals surface area (Å²) in [5, 5.41) is 3.04. The van der Waals surface area contributed by atoms with Gasteiger partial charge in [-0.25, -0.2) is 4.98 Å². The molecule has 0 saturated heterocycles. The van der Waals surface area contributed by atoms with E-state index in [9.17, 15) is 0 Å². The van der Waals surface area contributed by atoms with E-state index < -0.39 is 0 Å². The summed E-state index contributed by atoms with van der Waals surface area (Å²) in [6.45, 7) is 0. The Kier molecular flexibility index (Phi) is 3.38. The molecule has 88 valence electrons. The van der Waals surface area contributed by atoms with Crippen LogP contribution in [0.25, 0.3) is 22.0 Å². The van der Waals surface area contributed by atoms with Gasteiger partial charge < -0.3 is 0 Å². The number of benzene rings is 1. The summed E-state index contributed by atoms with van der Waals surface area (Å²) in [7, 11) is 0. The molecule has 0 unspecified atom stereocenters. The highest BCUT2D eigenvalue weighted by molar-refractivity contribution is 14.1. The molecule has 0 atom stereocenters. The fourth-order valence-corrected chi connectivity index (χ4v) is 2.80. The van der Waals surface area contributed by atoms with Gasteiger partial charge in [0, 0.05) is 20.7 Å². The Morgan fingerprint density at radius 1 is 0.944 bits per heavy atom. The SMILES string of the molecule is Ic1ccc(-c2csc(-c3ccccn3)n2)cc1. The van der Waals surface area contributed by atoms with E-state index in [2.05, 4.69) is 62.2 Å². The first-order valence-corrected chi connectivity index (χ1v) is 7.41. The molecule has 3 rings (SSSR count). The summed E-state index contributed by atoms with van der Waals surface area (Å²) in [6.07, 6.45) is 1.79. The van der Waals surface area contributed by atoms with E-state index in [1.54, 1.807) is 17.5 Å². The van der Waals surface area contributed by atoms with Gasteiger partial charge in [-0.05, 0) is 46.9 Å². The average Bonchev–Trinajstić information content (AvgIpc) is 2.90. The average molecular weight is 364 g/mol. The molecule has 0 amide bonds. The third-order valence-electron chi connectivity index (χ3n) is 2.53. The van der Waals surface area contributed by atoms with E-state index in [1.165, 1.54) is 3.57 Å². The van der Waals surface area contributed by atoms with E-state index in [4.69, 9.17) is 0 Å². The zero-order valence-electron chi connectivity index (χ0n) is 9.38. The van der Waals surface area contributed by atoms with Crippen LogP contribution < -0.4 is 0 Å². The van der Waals surface area contributed by atoms with E-state index in [-0.39, 0.29) is 0 Å². The Balaban J connectivity index is 1.97. The zero-order valence-corrected chi connectivity index (χ0v) is 12.4. The Labute approximate surface area is 123 Å². The Morgan fingerprint density at radius 3 is 2.50 bits per heavy atom. The minimum absolute atomic E-state index is 0.930. The van der Waals surface area contributed by atoms with Gasteiger partial charge in [-0.15, -0.1) is 11.3 Å². The monoisotopic (exact) mass is 364 g/mol. The third kappa shape index (κ3) is 2.44. The van der Waals surface area contributed by atoms with E-state index >= 15 is 0 Å². The predicted molar refractivity (Wildman–Crippen MR) is 83.5 cm³/mol. The van der Waals surface area contributed by atoms with Crippen LogP contribution >= 0.6 is 33.9 Å². The molecule has 0 saturated carbocycles. The first kappa shape index (κ1) is 11.8. The minimum atomic E-state index is 0.930. The lowest BCUT2D eigenvalue weighted by molar-refractivity contribution is 1.29. The molecule has 1 aromatic carbocycles. The second-order valence-electron chi connectivity index (χ2n) is 3.76. The number of aromatic nitrogens is 2. The van der Waals surface area contributed by atoms with Gasteiger partial charge in [0.15, 0.2) is 0 Å². The van der Waals surface area contributed by atoms with E-state index in [0.717, 1.165) is 22.0 Å². The molecule has 18 heavy (non-hydrogen) atoms. The molecule has 4 heteroatoms. The van der Waals surface area contributed by atoms with Crippen LogP contribution in [0.5, 0.6) is 0 Å². The number of pyridine rings is 1. The zero-order chi connectivity index (χ0) is 12.4. The molecule has 0 aliphatic rings. The van der Waals surface area contributed by atoms with Crippen LogP contribution in [0.3, 0.4) is 0 Å². The molecule has 2 nitrogen and oxygen atoms in total. The second-order valence-corrected chi connectivity index (χ2v) is 5.86. The van der Waals surface area contributed by atoms with Gasteiger partial charge in [0.2, 0.25) is 0 Å². The normalized spacial score (nSPS) is 10.5. The lowest BCUT2D eigenvalue weighted by Gasteiger charge is -1.96. The van der Waals surface area contributed by atoms with Gasteiger partial charge in [-0.3, -0.25) is 4.98 Å². The van der Waals surface area contributed by atoms with Crippen LogP contribution in [0.2, 0.25) is 0 Å². The van der Waals surface area contributed by atoms with Crippen LogP contribution in [0.1, 0.15) is 0 Å². The van der Waals surface area contributed by atoms with Gasteiger partial charge in [0.25, 0.3) is 0 Å². The number of rotatable bonds is 2. The number of nitrogens with zero attached hydrogens (tertiary/aromatic N) is 2. The van der Waals surface area contributed by atoms with Crippen LogP contribution in [-0.2, 0) is 0 Å². The van der Waals surface area contributed by atoms with Crippen molar-refractivity contribution in [3.63, 3.8) is 0 Å². The lowest BCUT2D eigenvalue weighted by Crippen LogP contribution is -1.82. The van der Waals surface area contributed by atoms with E-state index in [1.807, 2.05) is 18.2 Å². The maximum absolute atomic E-state index is 4.63. The summed E-state index contributed by atoms with van der Waals surface area (Å²) >= 11 is 3.93. The van der Waals surface area contributed by atoms with Crippen molar-refractivity contribution in [2.24, 2.45) is 0 Å². The fourth-order valence-electron chi connectivity index (χ4n) is 1.63. The summed E-state index contributed by atoms with van der Waals surface area (Å²) in [4.78, 5) is 8.95. The highest BCUT2D eigenvalue weighted by atomic mass is 127. The minimum Gasteiger partial charge on any atom is -0.254 e.